The first-order chi connectivity index (χ1) is 9.65. The molecule has 0 spiro atoms. The van der Waals surface area contributed by atoms with Gasteiger partial charge in [0, 0.05) is 25.3 Å². The first-order valence-corrected chi connectivity index (χ1v) is 7.46. The number of likely N-dealkylation sites (N-methyl/N-ethyl adjacent to an activating group) is 1. The van der Waals surface area contributed by atoms with Crippen LogP contribution >= 0.6 is 0 Å². The molecule has 0 saturated heterocycles. The Bertz CT molecular complexity index is 390. The monoisotopic (exact) mass is 277 g/mol. The highest BCUT2D eigenvalue weighted by Gasteiger charge is 2.24. The molecule has 1 amide bonds. The number of amides is 1. The maximum absolute atomic E-state index is 12.5. The Balaban J connectivity index is 2.90. The maximum atomic E-state index is 12.5. The average Bonchev–Trinajstić information content (AvgIpc) is 2.49. The highest BCUT2D eigenvalue weighted by Crippen LogP contribution is 2.18. The fourth-order valence-electron chi connectivity index (χ4n) is 2.36. The molecule has 0 heterocycles. The van der Waals surface area contributed by atoms with E-state index in [2.05, 4.69) is 4.90 Å². The van der Waals surface area contributed by atoms with E-state index in [0.29, 0.717) is 6.54 Å². The number of hydrogen-bond acceptors (Lipinski definition) is 3. The van der Waals surface area contributed by atoms with Crippen molar-refractivity contribution in [3.63, 3.8) is 0 Å². The highest BCUT2D eigenvalue weighted by molar-refractivity contribution is 5.85. The van der Waals surface area contributed by atoms with E-state index in [4.69, 9.17) is 5.73 Å². The van der Waals surface area contributed by atoms with Crippen molar-refractivity contribution in [1.29, 1.82) is 0 Å². The molecule has 1 unspecified atom stereocenters. The number of nitrogens with zero attached hydrogens (tertiary/aromatic N) is 2. The van der Waals surface area contributed by atoms with Crippen LogP contribution in [-0.4, -0.2) is 43.0 Å². The van der Waals surface area contributed by atoms with Crippen LogP contribution in [0.15, 0.2) is 30.3 Å². The summed E-state index contributed by atoms with van der Waals surface area (Å²) in [5.74, 6) is 0.177. The Kier molecular flexibility index (Phi) is 7.09. The van der Waals surface area contributed by atoms with Crippen LogP contribution in [0.4, 0.5) is 5.69 Å². The molecule has 0 radical (unpaired) electrons. The van der Waals surface area contributed by atoms with Crippen molar-refractivity contribution < 1.29 is 4.79 Å². The van der Waals surface area contributed by atoms with Crippen molar-refractivity contribution in [2.75, 3.05) is 31.1 Å². The van der Waals surface area contributed by atoms with E-state index in [1.807, 2.05) is 56.0 Å². The van der Waals surface area contributed by atoms with Crippen molar-refractivity contribution in [2.45, 2.75) is 33.2 Å². The lowest BCUT2D eigenvalue weighted by atomic mass is 10.1. The van der Waals surface area contributed by atoms with E-state index in [1.165, 1.54) is 0 Å². The van der Waals surface area contributed by atoms with Crippen LogP contribution in [0.1, 0.15) is 27.2 Å². The van der Waals surface area contributed by atoms with Crippen LogP contribution in [0.5, 0.6) is 0 Å². The lowest BCUT2D eigenvalue weighted by molar-refractivity contribution is -0.131. The summed E-state index contributed by atoms with van der Waals surface area (Å²) < 4.78 is 0. The topological polar surface area (TPSA) is 49.6 Å². The molecule has 0 aliphatic carbocycles. The second-order valence-electron chi connectivity index (χ2n) is 4.86. The van der Waals surface area contributed by atoms with Gasteiger partial charge in [0.2, 0.25) is 5.91 Å². The van der Waals surface area contributed by atoms with Crippen LogP contribution < -0.4 is 10.6 Å². The zero-order valence-electron chi connectivity index (χ0n) is 12.9. The number of hydrogen-bond donors (Lipinski definition) is 1. The molecule has 4 heteroatoms. The molecule has 1 aromatic carbocycles. The number of carbonyl (C=O) groups excluding carboxylic acids is 1. The largest absolute Gasteiger partial charge is 0.360 e. The van der Waals surface area contributed by atoms with E-state index >= 15 is 0 Å². The summed E-state index contributed by atoms with van der Waals surface area (Å²) in [7, 11) is 0. The van der Waals surface area contributed by atoms with Gasteiger partial charge in [0.1, 0.15) is 6.04 Å². The summed E-state index contributed by atoms with van der Waals surface area (Å²) in [6.07, 6.45) is 0.880. The van der Waals surface area contributed by atoms with Crippen LogP contribution in [0.2, 0.25) is 0 Å². The fourth-order valence-corrected chi connectivity index (χ4v) is 2.36. The molecule has 0 saturated carbocycles. The Morgan fingerprint density at radius 3 is 2.30 bits per heavy atom. The molecule has 112 valence electrons. The summed E-state index contributed by atoms with van der Waals surface area (Å²) in [5, 5.41) is 0. The fraction of sp³-hybridized carbons (Fsp3) is 0.562. The van der Waals surface area contributed by atoms with E-state index in [1.54, 1.807) is 0 Å². The molecular weight excluding hydrogens is 250 g/mol. The molecule has 4 nitrogen and oxygen atoms in total. The molecule has 1 atom stereocenters. The number of rotatable bonds is 8. The SMILES string of the molecule is CCN(CC)C(=O)C(C)N(CCCN)c1ccccc1. The van der Waals surface area contributed by atoms with Crippen LogP contribution in [-0.2, 0) is 4.79 Å². The normalized spacial score (nSPS) is 12.0. The lowest BCUT2D eigenvalue weighted by Crippen LogP contribution is -2.48. The van der Waals surface area contributed by atoms with Gasteiger partial charge in [-0.25, -0.2) is 0 Å². The number of anilines is 1. The van der Waals surface area contributed by atoms with Gasteiger partial charge in [-0.15, -0.1) is 0 Å². The lowest BCUT2D eigenvalue weighted by Gasteiger charge is -2.33. The average molecular weight is 277 g/mol. The first kappa shape index (κ1) is 16.5. The van der Waals surface area contributed by atoms with Gasteiger partial charge < -0.3 is 15.5 Å². The number of para-hydroxylation sites is 1. The minimum atomic E-state index is -0.163. The van der Waals surface area contributed by atoms with Crippen molar-refractivity contribution in [1.82, 2.24) is 4.90 Å². The van der Waals surface area contributed by atoms with Gasteiger partial charge in [-0.05, 0) is 45.9 Å². The maximum Gasteiger partial charge on any atom is 0.244 e. The second-order valence-corrected chi connectivity index (χ2v) is 4.86. The first-order valence-electron chi connectivity index (χ1n) is 7.46. The van der Waals surface area contributed by atoms with Gasteiger partial charge in [0.05, 0.1) is 0 Å². The minimum Gasteiger partial charge on any atom is -0.360 e. The van der Waals surface area contributed by atoms with Crippen molar-refractivity contribution in [2.24, 2.45) is 5.73 Å². The molecule has 1 aromatic rings. The number of carbonyl (C=O) groups is 1. The number of nitrogens with two attached hydrogens (primary N) is 1. The van der Waals surface area contributed by atoms with Crippen molar-refractivity contribution in [3.8, 4) is 0 Å². The van der Waals surface area contributed by atoms with E-state index in [9.17, 15) is 4.79 Å². The second kappa shape index (κ2) is 8.59. The van der Waals surface area contributed by atoms with E-state index < -0.39 is 0 Å². The molecule has 0 aliphatic heterocycles. The van der Waals surface area contributed by atoms with Gasteiger partial charge in [0.25, 0.3) is 0 Å². The predicted molar refractivity (Wildman–Crippen MR) is 84.8 cm³/mol. The molecule has 0 fully saturated rings. The molecule has 1 rings (SSSR count). The van der Waals surface area contributed by atoms with Gasteiger partial charge in [0.15, 0.2) is 0 Å². The molecule has 2 N–H and O–H groups in total. The Morgan fingerprint density at radius 1 is 1.20 bits per heavy atom. The summed E-state index contributed by atoms with van der Waals surface area (Å²) in [5.41, 5.74) is 6.70. The smallest absolute Gasteiger partial charge is 0.244 e. The van der Waals surface area contributed by atoms with E-state index in [-0.39, 0.29) is 11.9 Å². The molecule has 0 aliphatic rings. The van der Waals surface area contributed by atoms with Gasteiger partial charge in [-0.1, -0.05) is 18.2 Å². The minimum absolute atomic E-state index is 0.163. The molecule has 20 heavy (non-hydrogen) atoms. The Hall–Kier alpha value is -1.55. The van der Waals surface area contributed by atoms with Crippen LogP contribution in [0, 0.1) is 0 Å². The highest BCUT2D eigenvalue weighted by atomic mass is 16.2. The van der Waals surface area contributed by atoms with E-state index in [0.717, 1.165) is 31.7 Å². The van der Waals surface area contributed by atoms with Crippen LogP contribution in [0.3, 0.4) is 0 Å². The third-order valence-electron chi connectivity index (χ3n) is 3.59. The summed E-state index contributed by atoms with van der Waals surface area (Å²) in [4.78, 5) is 16.6. The third-order valence-corrected chi connectivity index (χ3v) is 3.59. The molecule has 0 aromatic heterocycles. The van der Waals surface area contributed by atoms with Gasteiger partial charge in [-0.3, -0.25) is 4.79 Å². The summed E-state index contributed by atoms with van der Waals surface area (Å²) in [6.45, 7) is 8.94. The predicted octanol–water partition coefficient (Wildman–Crippen LogP) is 2.10. The summed E-state index contributed by atoms with van der Waals surface area (Å²) in [6, 6.07) is 9.91. The third kappa shape index (κ3) is 4.23. The number of benzene rings is 1. The molecular formula is C16H27N3O. The Morgan fingerprint density at radius 2 is 1.80 bits per heavy atom. The summed E-state index contributed by atoms with van der Waals surface area (Å²) >= 11 is 0. The van der Waals surface area contributed by atoms with Crippen molar-refractivity contribution in [3.05, 3.63) is 30.3 Å². The Labute approximate surface area is 122 Å². The zero-order chi connectivity index (χ0) is 15.0. The van der Waals surface area contributed by atoms with Gasteiger partial charge in [-0.2, -0.15) is 0 Å². The van der Waals surface area contributed by atoms with Crippen LogP contribution in [0.25, 0.3) is 0 Å². The quantitative estimate of drug-likeness (QED) is 0.791. The standard InChI is InChI=1S/C16H27N3O/c1-4-18(5-2)16(20)14(3)19(13-9-12-17)15-10-7-6-8-11-15/h6-8,10-11,14H,4-5,9,12-13,17H2,1-3H3. The van der Waals surface area contributed by atoms with Gasteiger partial charge >= 0.3 is 0 Å². The van der Waals surface area contributed by atoms with Crippen molar-refractivity contribution >= 4 is 11.6 Å². The zero-order valence-corrected chi connectivity index (χ0v) is 12.9. The molecule has 0 bridgehead atoms.